The molecule has 3 heteroatoms. The van der Waals surface area contributed by atoms with E-state index in [0.717, 1.165) is 12.2 Å². The first kappa shape index (κ1) is 14.6. The van der Waals surface area contributed by atoms with Crippen molar-refractivity contribution < 1.29 is 4.74 Å². The molecule has 0 radical (unpaired) electrons. The number of rotatable bonds is 5. The third-order valence-corrected chi connectivity index (χ3v) is 3.45. The van der Waals surface area contributed by atoms with Crippen LogP contribution in [0.15, 0.2) is 42.5 Å². The summed E-state index contributed by atoms with van der Waals surface area (Å²) in [6.45, 7) is 4.22. The van der Waals surface area contributed by atoms with Gasteiger partial charge in [-0.1, -0.05) is 41.5 Å². The summed E-state index contributed by atoms with van der Waals surface area (Å²) < 4.78 is 5.18. The zero-order valence-corrected chi connectivity index (χ0v) is 12.3. The fraction of sp³-hybridized carbons (Fsp3) is 0.294. The summed E-state index contributed by atoms with van der Waals surface area (Å²) in [4.78, 5) is 0. The molecule has 0 fully saturated rings. The van der Waals surface area contributed by atoms with E-state index in [1.165, 1.54) is 22.3 Å². The van der Waals surface area contributed by atoms with Crippen molar-refractivity contribution in [3.05, 3.63) is 64.7 Å². The van der Waals surface area contributed by atoms with Crippen LogP contribution in [0.1, 0.15) is 28.3 Å². The normalized spacial score (nSPS) is 12.2. The quantitative estimate of drug-likeness (QED) is 0.648. The first-order chi connectivity index (χ1) is 9.62. The summed E-state index contributed by atoms with van der Waals surface area (Å²) in [5.74, 6) is 6.61. The van der Waals surface area contributed by atoms with Crippen molar-refractivity contribution in [3.63, 3.8) is 0 Å². The summed E-state index contributed by atoms with van der Waals surface area (Å²) in [6.07, 6.45) is 0.851. The van der Waals surface area contributed by atoms with Crippen molar-refractivity contribution in [1.82, 2.24) is 5.43 Å². The maximum atomic E-state index is 5.73. The SMILES string of the molecule is COc1ccc(CC(NN)c2cc(C)cc(C)c2)cc1. The molecule has 1 unspecified atom stereocenters. The second kappa shape index (κ2) is 6.55. The largest absolute Gasteiger partial charge is 0.497 e. The summed E-state index contributed by atoms with van der Waals surface area (Å²) in [6, 6.07) is 14.8. The molecule has 2 rings (SSSR count). The molecular weight excluding hydrogens is 248 g/mol. The summed E-state index contributed by atoms with van der Waals surface area (Å²) in [7, 11) is 1.68. The monoisotopic (exact) mass is 270 g/mol. The lowest BCUT2D eigenvalue weighted by Crippen LogP contribution is -2.29. The molecule has 0 aromatic heterocycles. The molecular formula is C17H22N2O. The van der Waals surface area contributed by atoms with Crippen molar-refractivity contribution in [2.75, 3.05) is 7.11 Å². The maximum Gasteiger partial charge on any atom is 0.118 e. The average Bonchev–Trinajstić information content (AvgIpc) is 2.44. The Morgan fingerprint density at radius 3 is 2.15 bits per heavy atom. The summed E-state index contributed by atoms with van der Waals surface area (Å²) in [5.41, 5.74) is 7.89. The number of hydrogen-bond donors (Lipinski definition) is 2. The zero-order chi connectivity index (χ0) is 14.5. The predicted octanol–water partition coefficient (Wildman–Crippen LogP) is 3.06. The van der Waals surface area contributed by atoms with Crippen LogP contribution in [0.2, 0.25) is 0 Å². The molecule has 1 atom stereocenters. The third-order valence-electron chi connectivity index (χ3n) is 3.45. The van der Waals surface area contributed by atoms with Gasteiger partial charge >= 0.3 is 0 Å². The Bertz CT molecular complexity index is 543. The summed E-state index contributed by atoms with van der Waals surface area (Å²) in [5, 5.41) is 0. The molecule has 0 aliphatic heterocycles. The van der Waals surface area contributed by atoms with Crippen molar-refractivity contribution in [2.24, 2.45) is 5.84 Å². The number of hydrazine groups is 1. The Kier molecular flexibility index (Phi) is 4.77. The van der Waals surface area contributed by atoms with Crippen LogP contribution in [0, 0.1) is 13.8 Å². The Balaban J connectivity index is 2.19. The van der Waals surface area contributed by atoms with Crippen molar-refractivity contribution in [2.45, 2.75) is 26.3 Å². The van der Waals surface area contributed by atoms with Gasteiger partial charge in [0, 0.05) is 6.04 Å². The first-order valence-electron chi connectivity index (χ1n) is 6.79. The topological polar surface area (TPSA) is 47.3 Å². The van der Waals surface area contributed by atoms with Crippen LogP contribution in [0.4, 0.5) is 0 Å². The van der Waals surface area contributed by atoms with Gasteiger partial charge in [-0.15, -0.1) is 0 Å². The van der Waals surface area contributed by atoms with Gasteiger partial charge in [-0.3, -0.25) is 11.3 Å². The van der Waals surface area contributed by atoms with Gasteiger partial charge in [0.05, 0.1) is 7.11 Å². The minimum Gasteiger partial charge on any atom is -0.497 e. The van der Waals surface area contributed by atoms with E-state index >= 15 is 0 Å². The Hall–Kier alpha value is -1.84. The molecule has 0 saturated carbocycles. The molecule has 2 aromatic rings. The number of nitrogens with two attached hydrogens (primary N) is 1. The van der Waals surface area contributed by atoms with Crippen LogP contribution >= 0.6 is 0 Å². The van der Waals surface area contributed by atoms with E-state index < -0.39 is 0 Å². The van der Waals surface area contributed by atoms with Gasteiger partial charge in [-0.2, -0.15) is 0 Å². The standard InChI is InChI=1S/C17H22N2O/c1-12-8-13(2)10-15(9-12)17(19-18)11-14-4-6-16(20-3)7-5-14/h4-10,17,19H,11,18H2,1-3H3. The van der Waals surface area contributed by atoms with Crippen LogP contribution in [-0.4, -0.2) is 7.11 Å². The number of ether oxygens (including phenoxy) is 1. The van der Waals surface area contributed by atoms with Crippen LogP contribution in [0.3, 0.4) is 0 Å². The van der Waals surface area contributed by atoms with Crippen molar-refractivity contribution in [1.29, 1.82) is 0 Å². The Morgan fingerprint density at radius 1 is 1.05 bits per heavy atom. The van der Waals surface area contributed by atoms with Gasteiger partial charge in [-0.25, -0.2) is 0 Å². The smallest absolute Gasteiger partial charge is 0.118 e. The minimum atomic E-state index is 0.113. The van der Waals surface area contributed by atoms with E-state index in [1.807, 2.05) is 12.1 Å². The van der Waals surface area contributed by atoms with Crippen molar-refractivity contribution >= 4 is 0 Å². The van der Waals surface area contributed by atoms with Crippen LogP contribution < -0.4 is 16.0 Å². The fourth-order valence-electron chi connectivity index (χ4n) is 2.48. The van der Waals surface area contributed by atoms with Crippen molar-refractivity contribution in [3.8, 4) is 5.75 Å². The lowest BCUT2D eigenvalue weighted by atomic mass is 9.96. The Morgan fingerprint density at radius 2 is 1.65 bits per heavy atom. The van der Waals surface area contributed by atoms with Crippen LogP contribution in [0.25, 0.3) is 0 Å². The maximum absolute atomic E-state index is 5.73. The van der Waals surface area contributed by atoms with Gasteiger partial charge in [0.2, 0.25) is 0 Å². The average molecular weight is 270 g/mol. The fourth-order valence-corrected chi connectivity index (χ4v) is 2.48. The molecule has 0 heterocycles. The second-order valence-corrected chi connectivity index (χ2v) is 5.19. The minimum absolute atomic E-state index is 0.113. The van der Waals surface area contributed by atoms with Gasteiger partial charge in [-0.05, 0) is 43.5 Å². The second-order valence-electron chi connectivity index (χ2n) is 5.19. The number of benzene rings is 2. The number of methoxy groups -OCH3 is 1. The van der Waals surface area contributed by atoms with E-state index in [1.54, 1.807) is 7.11 Å². The highest BCUT2D eigenvalue weighted by Gasteiger charge is 2.11. The molecule has 3 nitrogen and oxygen atoms in total. The highest BCUT2D eigenvalue weighted by Crippen LogP contribution is 2.21. The van der Waals surface area contributed by atoms with E-state index in [9.17, 15) is 0 Å². The van der Waals surface area contributed by atoms with Gasteiger partial charge in [0.15, 0.2) is 0 Å². The van der Waals surface area contributed by atoms with Crippen LogP contribution in [0.5, 0.6) is 5.75 Å². The number of aryl methyl sites for hydroxylation is 2. The molecule has 0 bridgehead atoms. The third kappa shape index (κ3) is 3.59. The van der Waals surface area contributed by atoms with Gasteiger partial charge in [0.25, 0.3) is 0 Å². The van der Waals surface area contributed by atoms with Gasteiger partial charge in [0.1, 0.15) is 5.75 Å². The van der Waals surface area contributed by atoms with Crippen LogP contribution in [-0.2, 0) is 6.42 Å². The highest BCUT2D eigenvalue weighted by atomic mass is 16.5. The zero-order valence-electron chi connectivity index (χ0n) is 12.3. The number of hydrogen-bond acceptors (Lipinski definition) is 3. The lowest BCUT2D eigenvalue weighted by molar-refractivity contribution is 0.414. The lowest BCUT2D eigenvalue weighted by Gasteiger charge is -2.18. The molecule has 20 heavy (non-hydrogen) atoms. The summed E-state index contributed by atoms with van der Waals surface area (Å²) >= 11 is 0. The molecule has 0 saturated heterocycles. The molecule has 2 aromatic carbocycles. The Labute approximate surface area is 120 Å². The first-order valence-corrected chi connectivity index (χ1v) is 6.79. The highest BCUT2D eigenvalue weighted by molar-refractivity contribution is 5.33. The molecule has 0 aliphatic rings. The molecule has 0 amide bonds. The predicted molar refractivity (Wildman–Crippen MR) is 82.7 cm³/mol. The van der Waals surface area contributed by atoms with Gasteiger partial charge < -0.3 is 4.74 Å². The molecule has 106 valence electrons. The number of nitrogens with one attached hydrogen (secondary N) is 1. The molecule has 3 N–H and O–H groups in total. The molecule has 0 spiro atoms. The van der Waals surface area contributed by atoms with E-state index in [4.69, 9.17) is 10.6 Å². The van der Waals surface area contributed by atoms with E-state index in [2.05, 4.69) is 49.6 Å². The molecule has 0 aliphatic carbocycles. The van der Waals surface area contributed by atoms with E-state index in [0.29, 0.717) is 0 Å². The van der Waals surface area contributed by atoms with E-state index in [-0.39, 0.29) is 6.04 Å².